The van der Waals surface area contributed by atoms with Crippen LogP contribution in [0.25, 0.3) is 43.8 Å². The van der Waals surface area contributed by atoms with Gasteiger partial charge in [-0.3, -0.25) is 0 Å². The van der Waals surface area contributed by atoms with Crippen LogP contribution in [0.1, 0.15) is 161 Å². The number of rotatable bonds is 12. The van der Waals surface area contributed by atoms with Crippen LogP contribution in [0, 0.1) is 159 Å². The zero-order valence-corrected chi connectivity index (χ0v) is 79.3. The van der Waals surface area contributed by atoms with E-state index in [1.807, 2.05) is 36.4 Å². The number of hydrogen-bond donors (Lipinski definition) is 0. The molecule has 0 spiro atoms. The molecular formula is C124H132O2. The summed E-state index contributed by atoms with van der Waals surface area (Å²) in [5, 5.41) is 5.52. The number of ether oxygens (including phenoxy) is 2. The summed E-state index contributed by atoms with van der Waals surface area (Å²) in [5.41, 5.74) is 43.9. The first-order valence-electron chi connectivity index (χ1n) is 44.5. The van der Waals surface area contributed by atoms with Gasteiger partial charge < -0.3 is 9.47 Å². The zero-order chi connectivity index (χ0) is 90.5. The summed E-state index contributed by atoms with van der Waals surface area (Å²) < 4.78 is 11.6. The van der Waals surface area contributed by atoms with E-state index in [0.717, 1.165) is 42.3 Å². The number of fused-ring (bicyclic) bond motifs is 2. The van der Waals surface area contributed by atoms with Crippen molar-refractivity contribution in [3.63, 3.8) is 0 Å². The second-order valence-electron chi connectivity index (χ2n) is 35.0. The topological polar surface area (TPSA) is 18.5 Å². The molecule has 0 aliphatic carbocycles. The molecule has 0 unspecified atom stereocenters. The van der Waals surface area contributed by atoms with Crippen molar-refractivity contribution < 1.29 is 9.47 Å². The Morgan fingerprint density at radius 2 is 0.492 bits per heavy atom. The predicted molar refractivity (Wildman–Crippen MR) is 547 cm³/mol. The van der Waals surface area contributed by atoms with Gasteiger partial charge in [0.05, 0.1) is 0 Å². The van der Waals surface area contributed by atoms with E-state index >= 15 is 0 Å². The summed E-state index contributed by atoms with van der Waals surface area (Å²) in [5.74, 6) is 3.59. The van der Waals surface area contributed by atoms with E-state index < -0.39 is 0 Å². The summed E-state index contributed by atoms with van der Waals surface area (Å²) in [6, 6.07) is 123. The Morgan fingerprint density at radius 1 is 0.159 bits per heavy atom. The van der Waals surface area contributed by atoms with Gasteiger partial charge in [-0.25, -0.2) is 0 Å². The Morgan fingerprint density at radius 3 is 0.913 bits per heavy atom. The van der Waals surface area contributed by atoms with Crippen molar-refractivity contribution in [2.75, 3.05) is 0 Å². The molecule has 0 aromatic heterocycles. The second kappa shape index (κ2) is 46.5. The van der Waals surface area contributed by atoms with Crippen molar-refractivity contribution in [3.05, 3.63) is 507 Å². The lowest BCUT2D eigenvalue weighted by Gasteiger charge is -2.11. The third-order valence-corrected chi connectivity index (χ3v) is 22.9. The molecule has 0 heterocycles. The van der Waals surface area contributed by atoms with Crippen LogP contribution in [-0.4, -0.2) is 0 Å². The average molecular weight is 1650 g/mol. The highest BCUT2D eigenvalue weighted by molar-refractivity contribution is 6.04. The third kappa shape index (κ3) is 30.1. The smallest absolute Gasteiger partial charge is 0.130 e. The van der Waals surface area contributed by atoms with Crippen molar-refractivity contribution in [1.82, 2.24) is 0 Å². The van der Waals surface area contributed by atoms with Gasteiger partial charge in [-0.1, -0.05) is 375 Å². The SMILES string of the molecule is Cc1ccc(-c2ccc(C)c(C)c2)cc1.Cc1ccc(-c2ccc(C)cc2C)cc1.Cc1ccc(Cc2cc(C)cc(C)c2)cc1.Cc1ccc(Cc2cccc(C)c2)cc1.Cc1ccc(Oc2ccc(C)c(C)c2)cc1.Cc1ccc(Oc2ccc(C)cc2C)cc1.Cc1cccc(Cc2cc(C)cc(C)c2)c1.Cc1cccc2c(C)c3cccc(C)c3cc12. The van der Waals surface area contributed by atoms with Crippen LogP contribution in [0.15, 0.2) is 346 Å². The quantitative estimate of drug-likeness (QED) is 0.114. The molecule has 0 fully saturated rings. The molecule has 0 saturated carbocycles. The number of benzene rings is 17. The molecule has 17 aromatic carbocycles. The molecule has 126 heavy (non-hydrogen) atoms. The summed E-state index contributed by atoms with van der Waals surface area (Å²) >= 11 is 0. The van der Waals surface area contributed by atoms with Crippen molar-refractivity contribution in [2.45, 2.75) is 179 Å². The molecule has 17 rings (SSSR count). The average Bonchev–Trinajstić information content (AvgIpc) is 0.764. The standard InChI is InChI=1S/C17H16.2C16H18.2C15H16O.3C15H16/c1-11-6-4-8-14-13(3)15-9-5-7-12(2)17(15)10-16(11)14;1-12-4-6-15(7-5-12)11-16-9-13(2)8-14(3)10-16;1-12-5-4-6-15(8-12)11-16-9-13(2)7-14(3)10-16;1-11-4-7-14(8-5-11)16-15-9-6-12(2)13(3)10-15;1-11-4-7-14(8-5-11)16-15-9-6-12(2)10-13(15)3;1-11-4-7-14(8-5-11)15-9-6-12(2)13(3)10-15;1-11-4-7-14(8-5-11)15-9-6-12(2)10-13(15)3;1-12-6-8-14(9-7-12)11-15-5-3-4-13(2)10-15/h4-10H,1-3H3;2*4-10H,11H2,1-3H3;2*4-10H,1-3H3;2*4-10H,1-3H3;3-10H,11H2,1-2H3. The minimum atomic E-state index is 0.883. The number of aryl methyl sites for hydroxylation is 23. The Labute approximate surface area is 756 Å². The van der Waals surface area contributed by atoms with E-state index in [1.165, 1.54) is 205 Å². The fourth-order valence-corrected chi connectivity index (χ4v) is 15.5. The molecule has 2 heteroatoms. The van der Waals surface area contributed by atoms with Crippen LogP contribution in [0.4, 0.5) is 0 Å². The van der Waals surface area contributed by atoms with Crippen molar-refractivity contribution in [2.24, 2.45) is 0 Å². The summed E-state index contributed by atoms with van der Waals surface area (Å²) in [6.07, 6.45) is 3.09. The van der Waals surface area contributed by atoms with Crippen LogP contribution in [0.5, 0.6) is 23.0 Å². The minimum Gasteiger partial charge on any atom is -0.457 e. The summed E-state index contributed by atoms with van der Waals surface area (Å²) in [7, 11) is 0. The highest BCUT2D eigenvalue weighted by Gasteiger charge is 2.10. The molecule has 0 radical (unpaired) electrons. The maximum Gasteiger partial charge on any atom is 0.130 e. The molecule has 0 amide bonds. The molecule has 640 valence electrons. The highest BCUT2D eigenvalue weighted by atomic mass is 16.5. The van der Waals surface area contributed by atoms with Gasteiger partial charge >= 0.3 is 0 Å². The minimum absolute atomic E-state index is 0.883. The molecule has 2 nitrogen and oxygen atoms in total. The zero-order valence-electron chi connectivity index (χ0n) is 79.3. The summed E-state index contributed by atoms with van der Waals surface area (Å²) in [4.78, 5) is 0. The van der Waals surface area contributed by atoms with Gasteiger partial charge in [-0.15, -0.1) is 0 Å². The Hall–Kier alpha value is -13.1. The van der Waals surface area contributed by atoms with E-state index in [9.17, 15) is 0 Å². The highest BCUT2D eigenvalue weighted by Crippen LogP contribution is 2.33. The van der Waals surface area contributed by atoms with E-state index in [-0.39, 0.29) is 0 Å². The molecule has 17 aromatic rings. The normalized spacial score (nSPS) is 10.4. The van der Waals surface area contributed by atoms with E-state index in [1.54, 1.807) is 0 Å². The second-order valence-corrected chi connectivity index (χ2v) is 35.0. The lowest BCUT2D eigenvalue weighted by molar-refractivity contribution is 0.478. The molecular weight excluding hydrogens is 1520 g/mol. The van der Waals surface area contributed by atoms with Crippen LogP contribution in [0.2, 0.25) is 0 Å². The lowest BCUT2D eigenvalue weighted by Crippen LogP contribution is -1.90. The fourth-order valence-electron chi connectivity index (χ4n) is 15.5. The number of hydrogen-bond acceptors (Lipinski definition) is 2. The van der Waals surface area contributed by atoms with Gasteiger partial charge in [0.2, 0.25) is 0 Å². The Kier molecular flexibility index (Phi) is 35.1. The molecule has 0 saturated heterocycles. The maximum atomic E-state index is 5.82. The van der Waals surface area contributed by atoms with Crippen molar-refractivity contribution >= 4 is 21.5 Å². The molecule has 0 bridgehead atoms. The van der Waals surface area contributed by atoms with E-state index in [2.05, 4.69) is 469 Å². The monoisotopic (exact) mass is 1650 g/mol. The van der Waals surface area contributed by atoms with Crippen LogP contribution in [-0.2, 0) is 19.3 Å². The lowest BCUT2D eigenvalue weighted by atomic mass is 9.93. The van der Waals surface area contributed by atoms with Crippen LogP contribution in [0.3, 0.4) is 0 Å². The van der Waals surface area contributed by atoms with Crippen LogP contribution >= 0.6 is 0 Å². The first-order valence-corrected chi connectivity index (χ1v) is 44.5. The third-order valence-electron chi connectivity index (χ3n) is 22.9. The van der Waals surface area contributed by atoms with E-state index in [4.69, 9.17) is 9.47 Å². The molecule has 0 aliphatic heterocycles. The molecule has 0 N–H and O–H groups in total. The first kappa shape index (κ1) is 95.1. The van der Waals surface area contributed by atoms with Gasteiger partial charge in [0.1, 0.15) is 23.0 Å². The maximum absolute atomic E-state index is 5.82. The van der Waals surface area contributed by atoms with Gasteiger partial charge in [-0.2, -0.15) is 0 Å². The van der Waals surface area contributed by atoms with Gasteiger partial charge in [0.15, 0.2) is 0 Å². The van der Waals surface area contributed by atoms with Crippen LogP contribution < -0.4 is 9.47 Å². The van der Waals surface area contributed by atoms with Gasteiger partial charge in [0.25, 0.3) is 0 Å². The Bertz CT molecular complexity index is 6270. The molecule has 0 aliphatic rings. The largest absolute Gasteiger partial charge is 0.457 e. The van der Waals surface area contributed by atoms with Gasteiger partial charge in [-0.05, 0) is 354 Å². The molecule has 0 atom stereocenters. The Balaban J connectivity index is 0.000000150. The fraction of sp³-hybridized carbons (Fsp3) is 0.210. The van der Waals surface area contributed by atoms with Crippen molar-refractivity contribution in [1.29, 1.82) is 0 Å². The summed E-state index contributed by atoms with van der Waals surface area (Å²) in [6.45, 7) is 49.1. The first-order chi connectivity index (χ1) is 60.3. The predicted octanol–water partition coefficient (Wildman–Crippen LogP) is 34.6. The van der Waals surface area contributed by atoms with Crippen molar-refractivity contribution in [3.8, 4) is 45.3 Å². The van der Waals surface area contributed by atoms with E-state index in [0.29, 0.717) is 0 Å². The van der Waals surface area contributed by atoms with Gasteiger partial charge in [0, 0.05) is 0 Å².